The van der Waals surface area contributed by atoms with Gasteiger partial charge in [0.15, 0.2) is 5.82 Å². The average Bonchev–Trinajstić information content (AvgIpc) is 2.16. The van der Waals surface area contributed by atoms with Crippen molar-refractivity contribution < 1.29 is 4.39 Å². The molecular formula is C7H6FN5. The number of pyridine rings is 1. The molecule has 0 saturated carbocycles. The summed E-state index contributed by atoms with van der Waals surface area (Å²) in [7, 11) is 0. The monoisotopic (exact) mass is 179 g/mol. The second kappa shape index (κ2) is 2.91. The van der Waals surface area contributed by atoms with Crippen LogP contribution in [0.3, 0.4) is 0 Å². The lowest BCUT2D eigenvalue weighted by Crippen LogP contribution is -2.10. The first-order valence-electron chi connectivity index (χ1n) is 3.55. The van der Waals surface area contributed by atoms with Gasteiger partial charge in [-0.1, -0.05) is 0 Å². The number of aromatic nitrogens is 3. The zero-order chi connectivity index (χ0) is 9.26. The van der Waals surface area contributed by atoms with Crippen LogP contribution in [0.1, 0.15) is 0 Å². The van der Waals surface area contributed by atoms with E-state index in [-0.39, 0.29) is 5.82 Å². The van der Waals surface area contributed by atoms with E-state index in [1.165, 1.54) is 6.20 Å². The minimum Gasteiger partial charge on any atom is -0.308 e. The number of fused-ring (bicyclic) bond motifs is 1. The lowest BCUT2D eigenvalue weighted by atomic mass is 10.3. The van der Waals surface area contributed by atoms with E-state index in [4.69, 9.17) is 5.84 Å². The number of hydrogen-bond donors (Lipinski definition) is 2. The maximum absolute atomic E-state index is 12.7. The van der Waals surface area contributed by atoms with Crippen LogP contribution in [0, 0.1) is 6.08 Å². The molecule has 2 aromatic rings. The van der Waals surface area contributed by atoms with Crippen molar-refractivity contribution in [3.63, 3.8) is 0 Å². The predicted octanol–water partition coefficient (Wildman–Crippen LogP) is 0.449. The Kier molecular flexibility index (Phi) is 1.75. The maximum atomic E-state index is 12.7. The van der Waals surface area contributed by atoms with Crippen molar-refractivity contribution in [2.45, 2.75) is 0 Å². The predicted molar refractivity (Wildman–Crippen MR) is 45.1 cm³/mol. The van der Waals surface area contributed by atoms with Gasteiger partial charge >= 0.3 is 6.08 Å². The lowest BCUT2D eigenvalue weighted by molar-refractivity contribution is 0.546. The Morgan fingerprint density at radius 1 is 1.38 bits per heavy atom. The Morgan fingerprint density at radius 3 is 3.00 bits per heavy atom. The summed E-state index contributed by atoms with van der Waals surface area (Å²) >= 11 is 0. The molecule has 0 aromatic carbocycles. The Balaban J connectivity index is 2.81. The fourth-order valence-electron chi connectivity index (χ4n) is 1.06. The summed E-state index contributed by atoms with van der Waals surface area (Å²) in [5, 5.41) is 0.638. The molecule has 0 aliphatic rings. The Hall–Kier alpha value is -1.82. The molecule has 0 radical (unpaired) electrons. The minimum absolute atomic E-state index is 0.255. The highest BCUT2D eigenvalue weighted by molar-refractivity contribution is 5.87. The largest absolute Gasteiger partial charge is 0.311 e. The van der Waals surface area contributed by atoms with Gasteiger partial charge in [0.25, 0.3) is 0 Å². The molecule has 2 aromatic heterocycles. The molecule has 0 unspecified atom stereocenters. The van der Waals surface area contributed by atoms with Crippen LogP contribution in [0.15, 0.2) is 18.5 Å². The number of nitrogens with one attached hydrogen (secondary N) is 1. The van der Waals surface area contributed by atoms with Crippen molar-refractivity contribution in [3.8, 4) is 0 Å². The molecule has 2 heterocycles. The SMILES string of the molecule is NNc1nc(F)nc2cnccc12. The van der Waals surface area contributed by atoms with E-state index >= 15 is 0 Å². The zero-order valence-corrected chi connectivity index (χ0v) is 6.53. The fourth-order valence-corrected chi connectivity index (χ4v) is 1.06. The second-order valence-electron chi connectivity index (χ2n) is 2.38. The summed E-state index contributed by atoms with van der Waals surface area (Å²) in [6, 6.07) is 1.66. The molecule has 0 amide bonds. The van der Waals surface area contributed by atoms with Crippen LogP contribution in [0.25, 0.3) is 10.9 Å². The number of nitrogens with zero attached hydrogens (tertiary/aromatic N) is 3. The van der Waals surface area contributed by atoms with Crippen LogP contribution in [-0.4, -0.2) is 15.0 Å². The fraction of sp³-hybridized carbons (Fsp3) is 0. The highest BCUT2D eigenvalue weighted by atomic mass is 19.1. The molecule has 66 valence electrons. The molecule has 0 fully saturated rings. The molecular weight excluding hydrogens is 173 g/mol. The number of hydrogen-bond acceptors (Lipinski definition) is 5. The first kappa shape index (κ1) is 7.81. The van der Waals surface area contributed by atoms with E-state index in [9.17, 15) is 4.39 Å². The van der Waals surface area contributed by atoms with Crippen molar-refractivity contribution in [2.24, 2.45) is 5.84 Å². The van der Waals surface area contributed by atoms with Gasteiger partial charge in [-0.2, -0.15) is 9.37 Å². The minimum atomic E-state index is -0.826. The Bertz CT molecular complexity index is 444. The quantitative estimate of drug-likeness (QED) is 0.377. The van der Waals surface area contributed by atoms with Crippen LogP contribution < -0.4 is 11.3 Å². The molecule has 13 heavy (non-hydrogen) atoms. The van der Waals surface area contributed by atoms with Gasteiger partial charge < -0.3 is 5.43 Å². The zero-order valence-electron chi connectivity index (χ0n) is 6.53. The van der Waals surface area contributed by atoms with Gasteiger partial charge in [-0.05, 0) is 6.07 Å². The molecule has 0 bridgehead atoms. The van der Waals surface area contributed by atoms with Gasteiger partial charge in [0, 0.05) is 11.6 Å². The molecule has 0 spiro atoms. The van der Waals surface area contributed by atoms with Crippen molar-refractivity contribution in [2.75, 3.05) is 5.43 Å². The van der Waals surface area contributed by atoms with E-state index in [1.807, 2.05) is 0 Å². The van der Waals surface area contributed by atoms with E-state index in [1.54, 1.807) is 12.3 Å². The van der Waals surface area contributed by atoms with Gasteiger partial charge in [-0.15, -0.1) is 0 Å². The average molecular weight is 179 g/mol. The highest BCUT2D eigenvalue weighted by Gasteiger charge is 2.04. The topological polar surface area (TPSA) is 76.7 Å². The number of anilines is 1. The molecule has 2 rings (SSSR count). The first-order valence-corrected chi connectivity index (χ1v) is 3.55. The van der Waals surface area contributed by atoms with Crippen LogP contribution >= 0.6 is 0 Å². The Labute approximate surface area is 72.8 Å². The van der Waals surface area contributed by atoms with Crippen molar-refractivity contribution in [3.05, 3.63) is 24.5 Å². The molecule has 0 aliphatic heterocycles. The Morgan fingerprint density at radius 2 is 2.23 bits per heavy atom. The highest BCUT2D eigenvalue weighted by Crippen LogP contribution is 2.16. The number of halogens is 1. The van der Waals surface area contributed by atoms with Crippen molar-refractivity contribution in [1.29, 1.82) is 0 Å². The third-order valence-electron chi connectivity index (χ3n) is 1.61. The summed E-state index contributed by atoms with van der Waals surface area (Å²) in [6.45, 7) is 0. The van der Waals surface area contributed by atoms with Crippen molar-refractivity contribution in [1.82, 2.24) is 15.0 Å². The van der Waals surface area contributed by atoms with E-state index in [2.05, 4.69) is 20.4 Å². The van der Waals surface area contributed by atoms with Crippen LogP contribution in [0.2, 0.25) is 0 Å². The molecule has 0 saturated heterocycles. The summed E-state index contributed by atoms with van der Waals surface area (Å²) in [4.78, 5) is 10.8. The number of rotatable bonds is 1. The second-order valence-corrected chi connectivity index (χ2v) is 2.38. The van der Waals surface area contributed by atoms with Crippen LogP contribution in [0.5, 0.6) is 0 Å². The van der Waals surface area contributed by atoms with E-state index < -0.39 is 6.08 Å². The van der Waals surface area contributed by atoms with Crippen LogP contribution in [-0.2, 0) is 0 Å². The molecule has 6 heteroatoms. The molecule has 3 N–H and O–H groups in total. The maximum Gasteiger partial charge on any atom is 0.311 e. The van der Waals surface area contributed by atoms with Crippen LogP contribution in [0.4, 0.5) is 10.2 Å². The van der Waals surface area contributed by atoms with E-state index in [0.29, 0.717) is 10.9 Å². The number of nitrogen functional groups attached to an aromatic ring is 1. The number of nitrogens with two attached hydrogens (primary N) is 1. The van der Waals surface area contributed by atoms with E-state index in [0.717, 1.165) is 0 Å². The standard InChI is InChI=1S/C7H6FN5/c8-7-11-5-3-10-2-1-4(5)6(12-7)13-9/h1-3H,9H2,(H,11,12,13). The normalized spacial score (nSPS) is 10.3. The molecule has 0 atom stereocenters. The third-order valence-corrected chi connectivity index (χ3v) is 1.61. The summed E-state index contributed by atoms with van der Waals surface area (Å²) in [5.41, 5.74) is 2.71. The number of hydrazine groups is 1. The third kappa shape index (κ3) is 1.27. The van der Waals surface area contributed by atoms with Gasteiger partial charge in [-0.3, -0.25) is 4.98 Å². The lowest BCUT2D eigenvalue weighted by Gasteiger charge is -2.02. The molecule has 5 nitrogen and oxygen atoms in total. The molecule has 0 aliphatic carbocycles. The first-order chi connectivity index (χ1) is 6.31. The van der Waals surface area contributed by atoms with Gasteiger partial charge in [0.2, 0.25) is 0 Å². The van der Waals surface area contributed by atoms with Gasteiger partial charge in [0.05, 0.1) is 11.7 Å². The van der Waals surface area contributed by atoms with Gasteiger partial charge in [-0.25, -0.2) is 10.8 Å². The smallest absolute Gasteiger partial charge is 0.308 e. The summed E-state index contributed by atoms with van der Waals surface area (Å²) in [6.07, 6.45) is 2.18. The van der Waals surface area contributed by atoms with Crippen molar-refractivity contribution >= 4 is 16.7 Å². The summed E-state index contributed by atoms with van der Waals surface area (Å²) < 4.78 is 12.7. The van der Waals surface area contributed by atoms with Gasteiger partial charge in [0.1, 0.15) is 0 Å². The summed E-state index contributed by atoms with van der Waals surface area (Å²) in [5.74, 6) is 5.41.